The summed E-state index contributed by atoms with van der Waals surface area (Å²) in [6.45, 7) is 3.35. The molecule has 0 aliphatic carbocycles. The number of benzene rings is 2. The summed E-state index contributed by atoms with van der Waals surface area (Å²) in [5.74, 6) is 0.304. The average Bonchev–Trinajstić information content (AvgIpc) is 2.63. The summed E-state index contributed by atoms with van der Waals surface area (Å²) < 4.78 is 36.3. The number of aryl methyl sites for hydroxylation is 1. The first-order valence-corrected chi connectivity index (χ1v) is 10.6. The Bertz CT molecular complexity index is 978. The van der Waals surface area contributed by atoms with Gasteiger partial charge in [-0.25, -0.2) is 8.42 Å². The number of carbonyl (C=O) groups is 1. The second-order valence-corrected chi connectivity index (χ2v) is 8.49. The van der Waals surface area contributed by atoms with E-state index in [1.165, 1.54) is 27.2 Å². The van der Waals surface area contributed by atoms with E-state index < -0.39 is 22.0 Å². The molecule has 2 aromatic rings. The Kier molecular flexibility index (Phi) is 6.79. The molecule has 1 amide bonds. The molecule has 0 aliphatic rings. The van der Waals surface area contributed by atoms with Crippen molar-refractivity contribution < 1.29 is 22.7 Å². The summed E-state index contributed by atoms with van der Waals surface area (Å²) in [6.07, 6.45) is 1.04. The highest BCUT2D eigenvalue weighted by Crippen LogP contribution is 2.33. The van der Waals surface area contributed by atoms with Crippen molar-refractivity contribution >= 4 is 38.9 Å². The largest absolute Gasteiger partial charge is 0.493 e. The van der Waals surface area contributed by atoms with E-state index in [4.69, 9.17) is 21.1 Å². The van der Waals surface area contributed by atoms with Gasteiger partial charge < -0.3 is 14.8 Å². The summed E-state index contributed by atoms with van der Waals surface area (Å²) >= 11 is 6.09. The van der Waals surface area contributed by atoms with Gasteiger partial charge in [-0.2, -0.15) is 0 Å². The first kappa shape index (κ1) is 21.8. The van der Waals surface area contributed by atoms with Gasteiger partial charge in [0.1, 0.15) is 6.04 Å². The molecule has 0 fully saturated rings. The number of amides is 1. The van der Waals surface area contributed by atoms with Crippen LogP contribution in [-0.2, 0) is 14.8 Å². The maximum Gasteiger partial charge on any atom is 0.247 e. The monoisotopic (exact) mass is 426 g/mol. The van der Waals surface area contributed by atoms with Crippen LogP contribution in [0.15, 0.2) is 36.4 Å². The Hall–Kier alpha value is -2.45. The minimum atomic E-state index is -3.76. The van der Waals surface area contributed by atoms with E-state index in [2.05, 4.69) is 5.32 Å². The van der Waals surface area contributed by atoms with Crippen LogP contribution in [0.2, 0.25) is 5.02 Å². The number of hydrogen-bond donors (Lipinski definition) is 1. The summed E-state index contributed by atoms with van der Waals surface area (Å²) in [5.41, 5.74) is 1.63. The zero-order chi connectivity index (χ0) is 21.1. The van der Waals surface area contributed by atoms with Crippen molar-refractivity contribution in [2.24, 2.45) is 0 Å². The Morgan fingerprint density at radius 3 is 2.29 bits per heavy atom. The molecule has 0 heterocycles. The van der Waals surface area contributed by atoms with Gasteiger partial charge >= 0.3 is 0 Å². The van der Waals surface area contributed by atoms with Crippen molar-refractivity contribution in [1.29, 1.82) is 0 Å². The number of nitrogens with one attached hydrogen (secondary N) is 1. The molecule has 9 heteroatoms. The van der Waals surface area contributed by atoms with Crippen LogP contribution in [-0.4, -0.2) is 40.8 Å². The minimum Gasteiger partial charge on any atom is -0.493 e. The fourth-order valence-electron chi connectivity index (χ4n) is 2.69. The highest BCUT2D eigenvalue weighted by molar-refractivity contribution is 7.92. The molecule has 2 rings (SSSR count). The van der Waals surface area contributed by atoms with E-state index in [0.29, 0.717) is 22.2 Å². The first-order valence-electron chi connectivity index (χ1n) is 8.37. The first-order chi connectivity index (χ1) is 13.1. The van der Waals surface area contributed by atoms with Gasteiger partial charge in [0, 0.05) is 16.8 Å². The van der Waals surface area contributed by atoms with Crippen molar-refractivity contribution in [1.82, 2.24) is 0 Å². The van der Waals surface area contributed by atoms with Crippen molar-refractivity contribution in [2.75, 3.05) is 30.1 Å². The third kappa shape index (κ3) is 4.88. The van der Waals surface area contributed by atoms with E-state index >= 15 is 0 Å². The molecule has 0 aromatic heterocycles. The molecular weight excluding hydrogens is 404 g/mol. The third-order valence-electron chi connectivity index (χ3n) is 4.15. The minimum absolute atomic E-state index is 0.282. The standard InChI is InChI=1S/C19H23ClN2O5S/c1-12-6-7-14(10-16(12)20)21-19(23)13(2)22(28(5,24)25)15-8-9-17(26-3)18(11-15)27-4/h6-11,13H,1-5H3,(H,21,23). The molecule has 28 heavy (non-hydrogen) atoms. The zero-order valence-corrected chi connectivity index (χ0v) is 17.9. The van der Waals surface area contributed by atoms with Crippen molar-refractivity contribution in [3.63, 3.8) is 0 Å². The quantitative estimate of drug-likeness (QED) is 0.732. The molecule has 0 saturated carbocycles. The lowest BCUT2D eigenvalue weighted by Gasteiger charge is -2.28. The van der Waals surface area contributed by atoms with Gasteiger partial charge in [-0.1, -0.05) is 17.7 Å². The lowest BCUT2D eigenvalue weighted by molar-refractivity contribution is -0.116. The number of methoxy groups -OCH3 is 2. The van der Waals surface area contributed by atoms with Gasteiger partial charge in [-0.15, -0.1) is 0 Å². The number of carbonyl (C=O) groups excluding carboxylic acids is 1. The summed E-state index contributed by atoms with van der Waals surface area (Å²) in [7, 11) is -0.835. The van der Waals surface area contributed by atoms with Gasteiger partial charge in [-0.3, -0.25) is 9.10 Å². The van der Waals surface area contributed by atoms with E-state index in [0.717, 1.165) is 16.1 Å². The highest BCUT2D eigenvalue weighted by Gasteiger charge is 2.30. The van der Waals surface area contributed by atoms with Crippen molar-refractivity contribution in [2.45, 2.75) is 19.9 Å². The third-order valence-corrected chi connectivity index (χ3v) is 5.80. The zero-order valence-electron chi connectivity index (χ0n) is 16.3. The van der Waals surface area contributed by atoms with Gasteiger partial charge in [0.25, 0.3) is 0 Å². The SMILES string of the molecule is COc1ccc(N(C(C)C(=O)Nc2ccc(C)c(Cl)c2)S(C)(=O)=O)cc1OC. The maximum atomic E-state index is 12.7. The average molecular weight is 427 g/mol. The molecule has 0 bridgehead atoms. The lowest BCUT2D eigenvalue weighted by atomic mass is 10.2. The smallest absolute Gasteiger partial charge is 0.247 e. The number of sulfonamides is 1. The van der Waals surface area contributed by atoms with Gasteiger partial charge in [-0.05, 0) is 43.7 Å². The number of nitrogens with zero attached hydrogens (tertiary/aromatic N) is 1. The van der Waals surface area contributed by atoms with Crippen LogP contribution >= 0.6 is 11.6 Å². The molecule has 152 valence electrons. The molecule has 2 aromatic carbocycles. The number of hydrogen-bond acceptors (Lipinski definition) is 5. The predicted molar refractivity (Wildman–Crippen MR) is 111 cm³/mol. The van der Waals surface area contributed by atoms with E-state index in [1.54, 1.807) is 30.3 Å². The molecule has 0 saturated heterocycles. The second-order valence-electron chi connectivity index (χ2n) is 6.23. The molecule has 0 radical (unpaired) electrons. The molecule has 0 spiro atoms. The lowest BCUT2D eigenvalue weighted by Crippen LogP contribution is -2.45. The molecule has 1 atom stereocenters. The van der Waals surface area contributed by atoms with Crippen LogP contribution in [0.1, 0.15) is 12.5 Å². The van der Waals surface area contributed by atoms with Gasteiger partial charge in [0.15, 0.2) is 11.5 Å². The van der Waals surface area contributed by atoms with Crippen LogP contribution in [0.3, 0.4) is 0 Å². The van der Waals surface area contributed by atoms with Gasteiger partial charge in [0.05, 0.1) is 26.2 Å². The molecule has 1 unspecified atom stereocenters. The van der Waals surface area contributed by atoms with Crippen LogP contribution in [0.25, 0.3) is 0 Å². The summed E-state index contributed by atoms with van der Waals surface area (Å²) in [6, 6.07) is 8.70. The van der Waals surface area contributed by atoms with Crippen LogP contribution < -0.4 is 19.1 Å². The summed E-state index contributed by atoms with van der Waals surface area (Å²) in [5, 5.41) is 3.20. The fourth-order valence-corrected chi connectivity index (χ4v) is 4.04. The molecule has 7 nitrogen and oxygen atoms in total. The number of anilines is 2. The maximum absolute atomic E-state index is 12.7. The number of halogens is 1. The normalized spacial score (nSPS) is 12.2. The van der Waals surface area contributed by atoms with E-state index in [9.17, 15) is 13.2 Å². The number of ether oxygens (including phenoxy) is 2. The highest BCUT2D eigenvalue weighted by atomic mass is 35.5. The Balaban J connectivity index is 2.37. The second kappa shape index (κ2) is 8.70. The fraction of sp³-hybridized carbons (Fsp3) is 0.316. The van der Waals surface area contributed by atoms with E-state index in [1.807, 2.05) is 6.92 Å². The molecule has 0 aliphatic heterocycles. The molecular formula is C19H23ClN2O5S. The topological polar surface area (TPSA) is 84.9 Å². The van der Waals surface area contributed by atoms with Crippen LogP contribution in [0.5, 0.6) is 11.5 Å². The van der Waals surface area contributed by atoms with E-state index in [-0.39, 0.29) is 5.69 Å². The van der Waals surface area contributed by atoms with Gasteiger partial charge in [0.2, 0.25) is 15.9 Å². The predicted octanol–water partition coefficient (Wildman–Crippen LogP) is 3.46. The Morgan fingerprint density at radius 2 is 1.75 bits per heavy atom. The van der Waals surface area contributed by atoms with Crippen molar-refractivity contribution in [3.8, 4) is 11.5 Å². The Morgan fingerprint density at radius 1 is 1.11 bits per heavy atom. The number of rotatable bonds is 7. The summed E-state index contributed by atoms with van der Waals surface area (Å²) in [4.78, 5) is 12.7. The van der Waals surface area contributed by atoms with Crippen LogP contribution in [0.4, 0.5) is 11.4 Å². The molecule has 1 N–H and O–H groups in total. The Labute approximate surface area is 170 Å². The van der Waals surface area contributed by atoms with Crippen LogP contribution in [0, 0.1) is 6.92 Å². The van der Waals surface area contributed by atoms with Crippen molar-refractivity contribution in [3.05, 3.63) is 47.0 Å².